The van der Waals surface area contributed by atoms with Crippen molar-refractivity contribution in [1.29, 1.82) is 0 Å². The van der Waals surface area contributed by atoms with Crippen LogP contribution in [-0.2, 0) is 19.5 Å². The Kier molecular flexibility index (Phi) is 7.37. The van der Waals surface area contributed by atoms with Gasteiger partial charge in [0.05, 0.1) is 17.5 Å². The third-order valence-electron chi connectivity index (χ3n) is 4.15. The fourth-order valence-corrected chi connectivity index (χ4v) is 3.99. The zero-order valence-electron chi connectivity index (χ0n) is 14.7. The molecule has 1 atom stereocenters. The molecule has 0 bridgehead atoms. The van der Waals surface area contributed by atoms with Crippen LogP contribution in [0.1, 0.15) is 36.5 Å². The molecule has 0 saturated carbocycles. The third kappa shape index (κ3) is 5.78. The summed E-state index contributed by atoms with van der Waals surface area (Å²) in [5.74, 6) is -0.313. The molecule has 1 aliphatic heterocycles. The van der Waals surface area contributed by atoms with E-state index in [1.165, 1.54) is 12.1 Å². The van der Waals surface area contributed by atoms with E-state index in [-0.39, 0.29) is 22.9 Å². The van der Waals surface area contributed by atoms with Gasteiger partial charge in [-0.3, -0.25) is 4.79 Å². The number of methoxy groups -OCH3 is 1. The summed E-state index contributed by atoms with van der Waals surface area (Å²) in [7, 11) is -2.10. The molecule has 1 aromatic rings. The molecular weight excluding hydrogens is 344 g/mol. The van der Waals surface area contributed by atoms with Gasteiger partial charge in [-0.1, -0.05) is 13.0 Å². The lowest BCUT2D eigenvalue weighted by Gasteiger charge is -2.23. The van der Waals surface area contributed by atoms with Gasteiger partial charge in [0.1, 0.15) is 0 Å². The Morgan fingerprint density at radius 2 is 2.08 bits per heavy atom. The van der Waals surface area contributed by atoms with Crippen LogP contribution in [0.3, 0.4) is 0 Å². The van der Waals surface area contributed by atoms with E-state index in [9.17, 15) is 13.2 Å². The Morgan fingerprint density at radius 3 is 2.72 bits per heavy atom. The molecule has 0 aromatic heterocycles. The fourth-order valence-electron chi connectivity index (χ4n) is 2.64. The molecule has 7 nitrogen and oxygen atoms in total. The van der Waals surface area contributed by atoms with E-state index in [0.717, 1.165) is 6.42 Å². The smallest absolute Gasteiger partial charge is 0.251 e. The van der Waals surface area contributed by atoms with Crippen molar-refractivity contribution in [3.63, 3.8) is 0 Å². The highest BCUT2D eigenvalue weighted by Gasteiger charge is 2.23. The highest BCUT2D eigenvalue weighted by molar-refractivity contribution is 7.89. The zero-order chi connectivity index (χ0) is 18.3. The van der Waals surface area contributed by atoms with Crippen LogP contribution in [0.4, 0.5) is 0 Å². The highest BCUT2D eigenvalue weighted by atomic mass is 32.2. The van der Waals surface area contributed by atoms with Crippen molar-refractivity contribution in [2.45, 2.75) is 43.2 Å². The normalized spacial score (nSPS) is 17.2. The Hall–Kier alpha value is -1.48. The minimum Gasteiger partial charge on any atom is -0.383 e. The maximum atomic E-state index is 12.6. The molecule has 8 heteroatoms. The first-order valence-corrected chi connectivity index (χ1v) is 9.94. The molecule has 1 unspecified atom stereocenters. The molecule has 1 saturated heterocycles. The van der Waals surface area contributed by atoms with Crippen molar-refractivity contribution < 1.29 is 22.7 Å². The largest absolute Gasteiger partial charge is 0.383 e. The van der Waals surface area contributed by atoms with Crippen LogP contribution >= 0.6 is 0 Å². The average Bonchev–Trinajstić information content (AvgIpc) is 2.62. The molecule has 140 valence electrons. The summed E-state index contributed by atoms with van der Waals surface area (Å²) in [4.78, 5) is 12.4. The minimum absolute atomic E-state index is 0.0893. The Labute approximate surface area is 149 Å². The SMILES string of the molecule is CCC(COC)NC(=O)c1cccc(S(=O)(=O)NC2CCOCC2)c1. The quantitative estimate of drug-likeness (QED) is 0.719. The predicted octanol–water partition coefficient (Wildman–Crippen LogP) is 1.30. The molecule has 25 heavy (non-hydrogen) atoms. The zero-order valence-corrected chi connectivity index (χ0v) is 15.5. The van der Waals surface area contributed by atoms with E-state index >= 15 is 0 Å². The maximum Gasteiger partial charge on any atom is 0.251 e. The van der Waals surface area contributed by atoms with Gasteiger partial charge in [-0.05, 0) is 37.5 Å². The molecular formula is C17H26N2O5S. The number of carbonyl (C=O) groups is 1. The summed E-state index contributed by atoms with van der Waals surface area (Å²) in [6.45, 7) is 3.45. The molecule has 1 fully saturated rings. The number of amides is 1. The van der Waals surface area contributed by atoms with Gasteiger partial charge >= 0.3 is 0 Å². The van der Waals surface area contributed by atoms with Crippen molar-refractivity contribution in [1.82, 2.24) is 10.0 Å². The number of carbonyl (C=O) groups excluding carboxylic acids is 1. The van der Waals surface area contributed by atoms with Gasteiger partial charge in [0.2, 0.25) is 10.0 Å². The predicted molar refractivity (Wildman–Crippen MR) is 94.0 cm³/mol. The van der Waals surface area contributed by atoms with Crippen LogP contribution < -0.4 is 10.0 Å². The Morgan fingerprint density at radius 1 is 1.36 bits per heavy atom. The van der Waals surface area contributed by atoms with Gasteiger partial charge in [0.25, 0.3) is 5.91 Å². The van der Waals surface area contributed by atoms with Crippen molar-refractivity contribution in [3.8, 4) is 0 Å². The third-order valence-corrected chi connectivity index (χ3v) is 5.66. The molecule has 2 rings (SSSR count). The summed E-state index contributed by atoms with van der Waals surface area (Å²) in [5.41, 5.74) is 0.310. The summed E-state index contributed by atoms with van der Waals surface area (Å²) in [5, 5.41) is 2.85. The second-order valence-electron chi connectivity index (χ2n) is 6.07. The Bertz CT molecular complexity index is 671. The van der Waals surface area contributed by atoms with E-state index in [4.69, 9.17) is 9.47 Å². The van der Waals surface area contributed by atoms with Gasteiger partial charge in [-0.25, -0.2) is 13.1 Å². The van der Waals surface area contributed by atoms with Crippen LogP contribution in [0, 0.1) is 0 Å². The first kappa shape index (κ1) is 19.8. The maximum absolute atomic E-state index is 12.6. The lowest BCUT2D eigenvalue weighted by molar-refractivity contribution is 0.0832. The van der Waals surface area contributed by atoms with Crippen molar-refractivity contribution in [2.24, 2.45) is 0 Å². The second-order valence-corrected chi connectivity index (χ2v) is 7.78. The molecule has 1 aliphatic rings. The van der Waals surface area contributed by atoms with Crippen molar-refractivity contribution in [3.05, 3.63) is 29.8 Å². The summed E-state index contributed by atoms with van der Waals surface area (Å²) >= 11 is 0. The number of hydrogen-bond acceptors (Lipinski definition) is 5. The molecule has 1 heterocycles. The van der Waals surface area contributed by atoms with Crippen molar-refractivity contribution >= 4 is 15.9 Å². The first-order valence-electron chi connectivity index (χ1n) is 8.46. The monoisotopic (exact) mass is 370 g/mol. The summed E-state index contributed by atoms with van der Waals surface area (Å²) < 4.78 is 38.1. The van der Waals surface area contributed by atoms with Crippen LogP contribution in [0.15, 0.2) is 29.2 Å². The molecule has 0 aliphatic carbocycles. The van der Waals surface area contributed by atoms with Crippen LogP contribution in [0.25, 0.3) is 0 Å². The van der Waals surface area contributed by atoms with Gasteiger partial charge in [0, 0.05) is 31.9 Å². The van der Waals surface area contributed by atoms with Crippen molar-refractivity contribution in [2.75, 3.05) is 26.9 Å². The van der Waals surface area contributed by atoms with Gasteiger partial charge < -0.3 is 14.8 Å². The standard InChI is InChI=1S/C17H26N2O5S/c1-3-14(12-23-2)18-17(20)13-5-4-6-16(11-13)25(21,22)19-15-7-9-24-10-8-15/h4-6,11,14-15,19H,3,7-10,12H2,1-2H3,(H,18,20). The lowest BCUT2D eigenvalue weighted by Crippen LogP contribution is -2.39. The van der Waals surface area contributed by atoms with E-state index < -0.39 is 10.0 Å². The molecule has 0 spiro atoms. The average molecular weight is 370 g/mol. The van der Waals surface area contributed by atoms with E-state index in [1.54, 1.807) is 19.2 Å². The van der Waals surface area contributed by atoms with E-state index in [0.29, 0.717) is 38.2 Å². The number of rotatable bonds is 8. The minimum atomic E-state index is -3.67. The molecule has 1 amide bonds. The second kappa shape index (κ2) is 9.28. The molecule has 1 aromatic carbocycles. The van der Waals surface area contributed by atoms with Gasteiger partial charge in [0.15, 0.2) is 0 Å². The van der Waals surface area contributed by atoms with Crippen LogP contribution in [-0.4, -0.2) is 53.3 Å². The topological polar surface area (TPSA) is 93.7 Å². The number of benzene rings is 1. The van der Waals surface area contributed by atoms with E-state index in [2.05, 4.69) is 10.0 Å². The fraction of sp³-hybridized carbons (Fsp3) is 0.588. The Balaban J connectivity index is 2.09. The first-order chi connectivity index (χ1) is 12.0. The van der Waals surface area contributed by atoms with Gasteiger partial charge in [-0.15, -0.1) is 0 Å². The molecule has 2 N–H and O–H groups in total. The molecule has 0 radical (unpaired) electrons. The van der Waals surface area contributed by atoms with E-state index in [1.807, 2.05) is 6.92 Å². The summed E-state index contributed by atoms with van der Waals surface area (Å²) in [6, 6.07) is 5.81. The summed E-state index contributed by atoms with van der Waals surface area (Å²) in [6.07, 6.45) is 2.02. The van der Waals surface area contributed by atoms with Crippen LogP contribution in [0.2, 0.25) is 0 Å². The number of ether oxygens (including phenoxy) is 2. The van der Waals surface area contributed by atoms with Gasteiger partial charge in [-0.2, -0.15) is 0 Å². The number of hydrogen-bond donors (Lipinski definition) is 2. The van der Waals surface area contributed by atoms with Crippen LogP contribution in [0.5, 0.6) is 0 Å². The highest BCUT2D eigenvalue weighted by Crippen LogP contribution is 2.15. The lowest BCUT2D eigenvalue weighted by atomic mass is 10.1. The number of nitrogens with one attached hydrogen (secondary N) is 2. The number of sulfonamides is 1.